The van der Waals surface area contributed by atoms with Gasteiger partial charge in [0.1, 0.15) is 5.69 Å². The van der Waals surface area contributed by atoms with Crippen molar-refractivity contribution < 1.29 is 9.59 Å². The lowest BCUT2D eigenvalue weighted by Gasteiger charge is -2.30. The second-order valence-electron chi connectivity index (χ2n) is 5.76. The predicted octanol–water partition coefficient (Wildman–Crippen LogP) is 1.05. The molecule has 1 unspecified atom stereocenters. The van der Waals surface area contributed by atoms with Gasteiger partial charge in [0.15, 0.2) is 0 Å². The number of nitrogens with zero attached hydrogens (tertiary/aromatic N) is 2. The minimum atomic E-state index is -0.211. The molecule has 2 aliphatic rings. The maximum atomic E-state index is 12.5. The fourth-order valence-corrected chi connectivity index (χ4v) is 3.53. The molecular weight excluding hydrogens is 290 g/mol. The molecule has 114 valence electrons. The molecule has 0 spiro atoms. The third kappa shape index (κ3) is 3.02. The number of aromatic amines is 1. The smallest absolute Gasteiger partial charge is 0.305 e. The Kier molecular flexibility index (Phi) is 3.84. The highest BCUT2D eigenvalue weighted by Crippen LogP contribution is 2.29. The Morgan fingerprint density at radius 1 is 1.43 bits per heavy atom. The fourth-order valence-electron chi connectivity index (χ4n) is 2.98. The van der Waals surface area contributed by atoms with Crippen LogP contribution in [0.5, 0.6) is 0 Å². The molecule has 1 atom stereocenters. The fraction of sp³-hybridized carbons (Fsp3) is 0.643. The highest BCUT2D eigenvalue weighted by atomic mass is 32.1. The van der Waals surface area contributed by atoms with Crippen LogP contribution in [-0.2, 0) is 4.79 Å². The molecule has 6 nitrogen and oxygen atoms in total. The van der Waals surface area contributed by atoms with Crippen LogP contribution in [0.4, 0.5) is 0 Å². The molecule has 1 aromatic heterocycles. The summed E-state index contributed by atoms with van der Waals surface area (Å²) in [7, 11) is 0. The van der Waals surface area contributed by atoms with E-state index in [1.165, 1.54) is 0 Å². The lowest BCUT2D eigenvalue weighted by atomic mass is 10.2. The second kappa shape index (κ2) is 5.63. The standard InChI is InChI=1S/C14H19N3O3S/c1-9(18)17(10-4-5-10)7-11-3-2-6-16(11)13(19)12-8-21-14(20)15-12/h8,10-11H,2-7H2,1H3,(H,15,20). The monoisotopic (exact) mass is 309 g/mol. The third-order valence-corrected chi connectivity index (χ3v) is 4.86. The molecule has 1 aromatic rings. The summed E-state index contributed by atoms with van der Waals surface area (Å²) in [5, 5.41) is 1.57. The van der Waals surface area contributed by atoms with Crippen molar-refractivity contribution in [3.05, 3.63) is 20.7 Å². The molecule has 7 heteroatoms. The maximum Gasteiger partial charge on any atom is 0.305 e. The Morgan fingerprint density at radius 2 is 2.19 bits per heavy atom. The van der Waals surface area contributed by atoms with Crippen LogP contribution in [0.1, 0.15) is 43.1 Å². The Morgan fingerprint density at radius 3 is 2.76 bits per heavy atom. The largest absolute Gasteiger partial charge is 0.338 e. The van der Waals surface area contributed by atoms with Crippen molar-refractivity contribution >= 4 is 23.2 Å². The van der Waals surface area contributed by atoms with Crippen LogP contribution < -0.4 is 4.87 Å². The summed E-state index contributed by atoms with van der Waals surface area (Å²) >= 11 is 1.00. The number of thiazole rings is 1. The summed E-state index contributed by atoms with van der Waals surface area (Å²) in [6.45, 7) is 2.90. The van der Waals surface area contributed by atoms with E-state index >= 15 is 0 Å². The van der Waals surface area contributed by atoms with Gasteiger partial charge in [-0.25, -0.2) is 0 Å². The summed E-state index contributed by atoms with van der Waals surface area (Å²) < 4.78 is 0. The Labute approximate surface area is 126 Å². The van der Waals surface area contributed by atoms with Crippen molar-refractivity contribution in [1.29, 1.82) is 0 Å². The van der Waals surface area contributed by atoms with E-state index in [0.29, 0.717) is 24.8 Å². The van der Waals surface area contributed by atoms with E-state index < -0.39 is 0 Å². The SMILES string of the molecule is CC(=O)N(CC1CCCN1C(=O)c1csc(=O)[nH]1)C1CC1. The first-order valence-corrected chi connectivity index (χ1v) is 8.20. The summed E-state index contributed by atoms with van der Waals surface area (Å²) in [4.78, 5) is 41.5. The van der Waals surface area contributed by atoms with Gasteiger partial charge in [0.25, 0.3) is 5.91 Å². The summed E-state index contributed by atoms with van der Waals surface area (Å²) in [6.07, 6.45) is 3.99. The molecule has 2 fully saturated rings. The highest BCUT2D eigenvalue weighted by molar-refractivity contribution is 7.07. The van der Waals surface area contributed by atoms with Crippen LogP contribution in [0.3, 0.4) is 0 Å². The van der Waals surface area contributed by atoms with Gasteiger partial charge in [0.05, 0.1) is 0 Å². The van der Waals surface area contributed by atoms with Crippen molar-refractivity contribution in [2.24, 2.45) is 0 Å². The highest BCUT2D eigenvalue weighted by Gasteiger charge is 2.37. The lowest BCUT2D eigenvalue weighted by Crippen LogP contribution is -2.45. The Hall–Kier alpha value is -1.63. The van der Waals surface area contributed by atoms with Gasteiger partial charge in [0, 0.05) is 37.5 Å². The van der Waals surface area contributed by atoms with E-state index in [9.17, 15) is 14.4 Å². The van der Waals surface area contributed by atoms with Gasteiger partial charge in [-0.1, -0.05) is 11.3 Å². The van der Waals surface area contributed by atoms with Crippen LogP contribution >= 0.6 is 11.3 Å². The molecular formula is C14H19N3O3S. The number of aromatic nitrogens is 1. The molecule has 0 radical (unpaired) electrons. The van der Waals surface area contributed by atoms with Crippen molar-refractivity contribution in [2.75, 3.05) is 13.1 Å². The summed E-state index contributed by atoms with van der Waals surface area (Å²) in [5.41, 5.74) is 0.359. The second-order valence-corrected chi connectivity index (χ2v) is 6.60. The zero-order valence-corrected chi connectivity index (χ0v) is 12.8. The third-order valence-electron chi connectivity index (χ3n) is 4.19. The van der Waals surface area contributed by atoms with Crippen LogP contribution in [0.25, 0.3) is 0 Å². The number of carbonyl (C=O) groups is 2. The van der Waals surface area contributed by atoms with Crippen LogP contribution in [0.2, 0.25) is 0 Å². The van der Waals surface area contributed by atoms with Gasteiger partial charge in [-0.2, -0.15) is 0 Å². The number of carbonyl (C=O) groups excluding carboxylic acids is 2. The molecule has 0 bridgehead atoms. The van der Waals surface area contributed by atoms with Gasteiger partial charge < -0.3 is 14.8 Å². The average molecular weight is 309 g/mol. The van der Waals surface area contributed by atoms with Gasteiger partial charge >= 0.3 is 4.87 Å². The zero-order valence-electron chi connectivity index (χ0n) is 12.0. The van der Waals surface area contributed by atoms with Gasteiger partial charge in [-0.15, -0.1) is 0 Å². The van der Waals surface area contributed by atoms with Crippen LogP contribution in [0.15, 0.2) is 10.2 Å². The normalized spacial score (nSPS) is 21.6. The van der Waals surface area contributed by atoms with E-state index in [-0.39, 0.29) is 22.7 Å². The number of nitrogens with one attached hydrogen (secondary N) is 1. The number of hydrogen-bond donors (Lipinski definition) is 1. The summed E-state index contributed by atoms with van der Waals surface area (Å²) in [5.74, 6) is -0.0455. The first-order valence-electron chi connectivity index (χ1n) is 7.32. The predicted molar refractivity (Wildman–Crippen MR) is 79.4 cm³/mol. The molecule has 1 aliphatic carbocycles. The number of hydrogen-bond acceptors (Lipinski definition) is 4. The number of H-pyrrole nitrogens is 1. The van der Waals surface area contributed by atoms with E-state index in [0.717, 1.165) is 37.0 Å². The molecule has 1 saturated heterocycles. The number of amides is 2. The first-order chi connectivity index (χ1) is 10.1. The minimum absolute atomic E-state index is 0.0606. The molecule has 3 rings (SSSR count). The summed E-state index contributed by atoms with van der Waals surface area (Å²) in [6, 6.07) is 0.423. The lowest BCUT2D eigenvalue weighted by molar-refractivity contribution is -0.130. The maximum absolute atomic E-state index is 12.5. The average Bonchev–Trinajstić information content (AvgIpc) is 3.01. The minimum Gasteiger partial charge on any atom is -0.338 e. The van der Waals surface area contributed by atoms with Crippen molar-refractivity contribution in [3.8, 4) is 0 Å². The molecule has 1 saturated carbocycles. The van der Waals surface area contributed by atoms with Gasteiger partial charge in [0.2, 0.25) is 5.91 Å². The molecule has 0 aromatic carbocycles. The van der Waals surface area contributed by atoms with Crippen molar-refractivity contribution in [3.63, 3.8) is 0 Å². The first kappa shape index (κ1) is 14.3. The van der Waals surface area contributed by atoms with Gasteiger partial charge in [-0.3, -0.25) is 14.4 Å². The quantitative estimate of drug-likeness (QED) is 0.903. The zero-order chi connectivity index (χ0) is 15.0. The molecule has 1 N–H and O–H groups in total. The molecule has 2 heterocycles. The Bertz CT molecular complexity index is 605. The van der Waals surface area contributed by atoms with Crippen molar-refractivity contribution in [2.45, 2.75) is 44.7 Å². The topological polar surface area (TPSA) is 73.5 Å². The van der Waals surface area contributed by atoms with Crippen LogP contribution in [0, 0.1) is 0 Å². The van der Waals surface area contributed by atoms with E-state index in [1.807, 2.05) is 4.90 Å². The number of rotatable bonds is 4. The van der Waals surface area contributed by atoms with E-state index in [4.69, 9.17) is 0 Å². The van der Waals surface area contributed by atoms with Crippen LogP contribution in [-0.4, -0.2) is 51.8 Å². The molecule has 2 amide bonds. The van der Waals surface area contributed by atoms with Gasteiger partial charge in [-0.05, 0) is 25.7 Å². The van der Waals surface area contributed by atoms with E-state index in [1.54, 1.807) is 17.2 Å². The number of likely N-dealkylation sites (tertiary alicyclic amines) is 1. The van der Waals surface area contributed by atoms with Crippen molar-refractivity contribution in [1.82, 2.24) is 14.8 Å². The van der Waals surface area contributed by atoms with E-state index in [2.05, 4.69) is 4.98 Å². The Balaban J connectivity index is 1.71. The molecule has 21 heavy (non-hydrogen) atoms. The molecule has 1 aliphatic heterocycles.